The Morgan fingerprint density at radius 3 is 2.58 bits per heavy atom. The Labute approximate surface area is 197 Å². The largest absolute Gasteiger partial charge is 0.466 e. The SMILES string of the molecule is COC1CC2(OC(CC(C)=CCC3=CC(=O)C=C(C)C3=O)=CC3(C)CCCC32C)OC1(C)C. The number of methoxy groups -OCH3 is 1. The van der Waals surface area contributed by atoms with E-state index in [-0.39, 0.29) is 28.5 Å². The molecule has 180 valence electrons. The van der Waals surface area contributed by atoms with Gasteiger partial charge in [0.2, 0.25) is 5.79 Å². The lowest BCUT2D eigenvalue weighted by Crippen LogP contribution is -2.57. The average Bonchev–Trinajstić information content (AvgIpc) is 3.17. The molecule has 2 aliphatic heterocycles. The minimum atomic E-state index is -0.719. The molecule has 2 aliphatic carbocycles. The monoisotopic (exact) mass is 454 g/mol. The second kappa shape index (κ2) is 8.06. The molecule has 5 heteroatoms. The van der Waals surface area contributed by atoms with Gasteiger partial charge in [-0.15, -0.1) is 0 Å². The molecule has 4 aliphatic rings. The van der Waals surface area contributed by atoms with E-state index in [4.69, 9.17) is 14.2 Å². The number of ketones is 2. The molecular weight excluding hydrogens is 416 g/mol. The fourth-order valence-electron chi connectivity index (χ4n) is 6.41. The van der Waals surface area contributed by atoms with Crippen LogP contribution in [0.3, 0.4) is 0 Å². The standard InChI is InChI=1S/C28H38O5/c1-18(9-10-20-15-21(29)14-19(2)24(20)30)13-22-16-26(5)11-8-12-27(26,6)28(32-22)17-23(31-7)25(3,4)33-28/h9,14-16,23H,8,10-13,17H2,1-7H3. The molecule has 0 amide bonds. The molecule has 4 rings (SSSR count). The molecular formula is C28H38O5. The molecule has 0 aromatic heterocycles. The minimum Gasteiger partial charge on any atom is -0.466 e. The molecule has 1 saturated carbocycles. The summed E-state index contributed by atoms with van der Waals surface area (Å²) in [6, 6.07) is 0. The van der Waals surface area contributed by atoms with Gasteiger partial charge in [0, 0.05) is 41.9 Å². The highest BCUT2D eigenvalue weighted by atomic mass is 16.7. The third-order valence-corrected chi connectivity index (χ3v) is 8.64. The molecule has 0 radical (unpaired) electrons. The van der Waals surface area contributed by atoms with Crippen LogP contribution in [0.15, 0.2) is 46.8 Å². The van der Waals surface area contributed by atoms with E-state index in [2.05, 4.69) is 40.7 Å². The Morgan fingerprint density at radius 1 is 1.18 bits per heavy atom. The summed E-state index contributed by atoms with van der Waals surface area (Å²) in [6.07, 6.45) is 12.3. The lowest BCUT2D eigenvalue weighted by Gasteiger charge is -2.54. The first-order chi connectivity index (χ1) is 15.3. The molecule has 1 spiro atoms. The van der Waals surface area contributed by atoms with Crippen LogP contribution in [0.5, 0.6) is 0 Å². The zero-order chi connectivity index (χ0) is 24.2. The number of carbonyl (C=O) groups is 2. The topological polar surface area (TPSA) is 61.8 Å². The van der Waals surface area contributed by atoms with Crippen molar-refractivity contribution in [2.24, 2.45) is 10.8 Å². The highest BCUT2D eigenvalue weighted by Crippen LogP contribution is 2.67. The van der Waals surface area contributed by atoms with E-state index in [0.29, 0.717) is 30.4 Å². The van der Waals surface area contributed by atoms with Gasteiger partial charge in [0.1, 0.15) is 5.76 Å². The van der Waals surface area contributed by atoms with E-state index in [9.17, 15) is 9.59 Å². The number of rotatable bonds is 5. The lowest BCUT2D eigenvalue weighted by atomic mass is 9.60. The lowest BCUT2D eigenvalue weighted by molar-refractivity contribution is -0.309. The van der Waals surface area contributed by atoms with Crippen LogP contribution in [0, 0.1) is 10.8 Å². The molecule has 0 aromatic carbocycles. The predicted molar refractivity (Wildman–Crippen MR) is 127 cm³/mol. The van der Waals surface area contributed by atoms with Gasteiger partial charge in [-0.25, -0.2) is 0 Å². The summed E-state index contributed by atoms with van der Waals surface area (Å²) in [4.78, 5) is 24.2. The number of fused-ring (bicyclic) bond motifs is 2. The van der Waals surface area contributed by atoms with Gasteiger partial charge in [-0.05, 0) is 65.2 Å². The number of carbonyl (C=O) groups excluding carboxylic acids is 2. The van der Waals surface area contributed by atoms with Crippen LogP contribution in [0.1, 0.15) is 80.1 Å². The number of Topliss-reactive ketones (excluding diaryl/α,β-unsaturated/α-hetero) is 1. The zero-order valence-corrected chi connectivity index (χ0v) is 21.2. The van der Waals surface area contributed by atoms with Gasteiger partial charge >= 0.3 is 0 Å². The Morgan fingerprint density at radius 2 is 1.91 bits per heavy atom. The van der Waals surface area contributed by atoms with Crippen molar-refractivity contribution in [1.82, 2.24) is 0 Å². The van der Waals surface area contributed by atoms with E-state index in [1.165, 1.54) is 12.2 Å². The van der Waals surface area contributed by atoms with Crippen molar-refractivity contribution in [2.45, 2.75) is 97.6 Å². The predicted octanol–water partition coefficient (Wildman–Crippen LogP) is 5.76. The smallest absolute Gasteiger partial charge is 0.219 e. The van der Waals surface area contributed by atoms with Crippen molar-refractivity contribution in [3.05, 3.63) is 46.8 Å². The maximum Gasteiger partial charge on any atom is 0.219 e. The maximum atomic E-state index is 12.4. The second-order valence-electron chi connectivity index (χ2n) is 11.4. The zero-order valence-electron chi connectivity index (χ0n) is 21.2. The van der Waals surface area contributed by atoms with Crippen LogP contribution in [-0.2, 0) is 23.8 Å². The molecule has 2 fully saturated rings. The van der Waals surface area contributed by atoms with Crippen LogP contribution in [-0.4, -0.2) is 36.2 Å². The van der Waals surface area contributed by atoms with Crippen molar-refractivity contribution in [3.8, 4) is 0 Å². The highest BCUT2D eigenvalue weighted by molar-refractivity contribution is 6.20. The van der Waals surface area contributed by atoms with Crippen LogP contribution in [0.4, 0.5) is 0 Å². The molecule has 0 aromatic rings. The van der Waals surface area contributed by atoms with E-state index in [0.717, 1.165) is 30.6 Å². The Balaban J connectivity index is 1.58. The van der Waals surface area contributed by atoms with E-state index < -0.39 is 11.4 Å². The quantitative estimate of drug-likeness (QED) is 0.390. The van der Waals surface area contributed by atoms with E-state index in [1.807, 2.05) is 6.08 Å². The summed E-state index contributed by atoms with van der Waals surface area (Å²) in [5.41, 5.74) is 1.58. The normalized spacial score (nSPS) is 38.1. The minimum absolute atomic E-state index is 0.0181. The van der Waals surface area contributed by atoms with Gasteiger partial charge in [-0.2, -0.15) is 0 Å². The van der Waals surface area contributed by atoms with Crippen molar-refractivity contribution >= 4 is 11.6 Å². The number of hydrogen-bond donors (Lipinski definition) is 0. The van der Waals surface area contributed by atoms with Crippen LogP contribution < -0.4 is 0 Å². The molecule has 4 atom stereocenters. The molecule has 33 heavy (non-hydrogen) atoms. The fraction of sp³-hybridized carbons (Fsp3) is 0.643. The fourth-order valence-corrected chi connectivity index (χ4v) is 6.41. The summed E-state index contributed by atoms with van der Waals surface area (Å²) in [5.74, 6) is 0.0418. The average molecular weight is 455 g/mol. The van der Waals surface area contributed by atoms with Crippen LogP contribution in [0.25, 0.3) is 0 Å². The first-order valence-electron chi connectivity index (χ1n) is 12.1. The third-order valence-electron chi connectivity index (χ3n) is 8.64. The van der Waals surface area contributed by atoms with Crippen molar-refractivity contribution in [1.29, 1.82) is 0 Å². The van der Waals surface area contributed by atoms with Crippen molar-refractivity contribution in [3.63, 3.8) is 0 Å². The summed E-state index contributed by atoms with van der Waals surface area (Å²) in [5, 5.41) is 0. The molecule has 2 heterocycles. The first kappa shape index (κ1) is 24.2. The first-order valence-corrected chi connectivity index (χ1v) is 12.1. The van der Waals surface area contributed by atoms with Gasteiger partial charge in [-0.3, -0.25) is 9.59 Å². The highest BCUT2D eigenvalue weighted by Gasteiger charge is 2.70. The number of hydrogen-bond acceptors (Lipinski definition) is 5. The third kappa shape index (κ3) is 3.87. The molecule has 0 N–H and O–H groups in total. The van der Waals surface area contributed by atoms with Crippen molar-refractivity contribution in [2.75, 3.05) is 7.11 Å². The van der Waals surface area contributed by atoms with Gasteiger partial charge in [-0.1, -0.05) is 31.9 Å². The second-order valence-corrected chi connectivity index (χ2v) is 11.4. The Kier molecular flexibility index (Phi) is 5.90. The summed E-state index contributed by atoms with van der Waals surface area (Å²) in [6.45, 7) is 12.6. The summed E-state index contributed by atoms with van der Waals surface area (Å²) >= 11 is 0. The molecule has 0 bridgehead atoms. The number of ether oxygens (including phenoxy) is 3. The molecule has 5 nitrogen and oxygen atoms in total. The van der Waals surface area contributed by atoms with Crippen LogP contribution in [0.2, 0.25) is 0 Å². The van der Waals surface area contributed by atoms with Gasteiger partial charge in [0.15, 0.2) is 11.6 Å². The molecule has 4 unspecified atom stereocenters. The van der Waals surface area contributed by atoms with Gasteiger partial charge < -0.3 is 14.2 Å². The Hall–Kier alpha value is -1.98. The number of allylic oxidation sites excluding steroid dienone is 7. The van der Waals surface area contributed by atoms with Gasteiger partial charge in [0.25, 0.3) is 0 Å². The van der Waals surface area contributed by atoms with E-state index in [1.54, 1.807) is 14.0 Å². The maximum absolute atomic E-state index is 12.4. The summed E-state index contributed by atoms with van der Waals surface area (Å²) < 4.78 is 19.4. The Bertz CT molecular complexity index is 996. The van der Waals surface area contributed by atoms with E-state index >= 15 is 0 Å². The van der Waals surface area contributed by atoms with Crippen LogP contribution >= 0.6 is 0 Å². The summed E-state index contributed by atoms with van der Waals surface area (Å²) in [7, 11) is 1.75. The molecule has 1 saturated heterocycles. The van der Waals surface area contributed by atoms with Crippen molar-refractivity contribution < 1.29 is 23.8 Å². The van der Waals surface area contributed by atoms with Gasteiger partial charge in [0.05, 0.1) is 11.7 Å².